The van der Waals surface area contributed by atoms with Crippen molar-refractivity contribution in [2.75, 3.05) is 19.6 Å². The third-order valence-corrected chi connectivity index (χ3v) is 4.69. The zero-order valence-corrected chi connectivity index (χ0v) is 16.3. The molecule has 1 heterocycles. The van der Waals surface area contributed by atoms with Crippen molar-refractivity contribution in [1.29, 1.82) is 0 Å². The summed E-state index contributed by atoms with van der Waals surface area (Å²) in [5, 5.41) is 0. The summed E-state index contributed by atoms with van der Waals surface area (Å²) >= 11 is 0. The van der Waals surface area contributed by atoms with Crippen molar-refractivity contribution in [2.24, 2.45) is 5.73 Å². The fourth-order valence-electron chi connectivity index (χ4n) is 3.21. The monoisotopic (exact) mass is 377 g/mol. The van der Waals surface area contributed by atoms with Crippen LogP contribution in [0.3, 0.4) is 0 Å². The molecule has 28 heavy (non-hydrogen) atoms. The van der Waals surface area contributed by atoms with E-state index in [1.807, 2.05) is 60.4 Å². The lowest BCUT2D eigenvalue weighted by molar-refractivity contribution is -0.131. The highest BCUT2D eigenvalue weighted by Gasteiger charge is 2.16. The minimum absolute atomic E-state index is 0.0819. The average Bonchev–Trinajstić information content (AvgIpc) is 3.11. The van der Waals surface area contributed by atoms with Crippen molar-refractivity contribution >= 4 is 5.91 Å². The van der Waals surface area contributed by atoms with Gasteiger partial charge in [0.2, 0.25) is 5.91 Å². The summed E-state index contributed by atoms with van der Waals surface area (Å²) in [7, 11) is 0. The zero-order chi connectivity index (χ0) is 19.8. The van der Waals surface area contributed by atoms with Crippen LogP contribution in [-0.4, -0.2) is 35.4 Å². The van der Waals surface area contributed by atoms with Crippen LogP contribution in [-0.2, 0) is 17.6 Å². The third-order valence-electron chi connectivity index (χ3n) is 4.69. The Morgan fingerprint density at radius 1 is 1.00 bits per heavy atom. The number of amides is 1. The van der Waals surface area contributed by atoms with Gasteiger partial charge in [-0.3, -0.25) is 4.79 Å². The van der Waals surface area contributed by atoms with Gasteiger partial charge in [0, 0.05) is 38.0 Å². The maximum atomic E-state index is 12.7. The quantitative estimate of drug-likeness (QED) is 0.618. The summed E-state index contributed by atoms with van der Waals surface area (Å²) in [6.07, 6.45) is 1.67. The minimum Gasteiger partial charge on any atom is -0.440 e. The molecule has 1 aromatic heterocycles. The number of nitrogens with zero attached hydrogens (tertiary/aromatic N) is 2. The smallest absolute Gasteiger partial charge is 0.223 e. The molecule has 5 nitrogen and oxygen atoms in total. The topological polar surface area (TPSA) is 72.4 Å². The highest BCUT2D eigenvalue weighted by atomic mass is 16.4. The third kappa shape index (κ3) is 5.30. The van der Waals surface area contributed by atoms with E-state index in [-0.39, 0.29) is 5.91 Å². The van der Waals surface area contributed by atoms with Gasteiger partial charge in [-0.1, -0.05) is 60.7 Å². The van der Waals surface area contributed by atoms with E-state index < -0.39 is 0 Å². The Morgan fingerprint density at radius 3 is 2.36 bits per heavy atom. The highest BCUT2D eigenvalue weighted by Crippen LogP contribution is 2.24. The molecule has 0 aliphatic carbocycles. The molecule has 5 heteroatoms. The fourth-order valence-corrected chi connectivity index (χ4v) is 3.21. The lowest BCUT2D eigenvalue weighted by atomic mass is 10.1. The minimum atomic E-state index is 0.0819. The van der Waals surface area contributed by atoms with E-state index in [1.54, 1.807) is 0 Å². The van der Waals surface area contributed by atoms with Gasteiger partial charge in [-0.2, -0.15) is 0 Å². The van der Waals surface area contributed by atoms with Gasteiger partial charge in [-0.25, -0.2) is 4.98 Å². The van der Waals surface area contributed by atoms with Crippen molar-refractivity contribution in [3.63, 3.8) is 0 Å². The van der Waals surface area contributed by atoms with Gasteiger partial charge in [0.25, 0.3) is 0 Å². The maximum absolute atomic E-state index is 12.7. The van der Waals surface area contributed by atoms with Crippen LogP contribution in [0.4, 0.5) is 0 Å². The van der Waals surface area contributed by atoms with E-state index in [1.165, 1.54) is 5.56 Å². The Balaban J connectivity index is 1.58. The second-order valence-corrected chi connectivity index (χ2v) is 6.79. The second-order valence-electron chi connectivity index (χ2n) is 6.79. The van der Waals surface area contributed by atoms with E-state index >= 15 is 0 Å². The molecule has 1 amide bonds. The molecule has 0 atom stereocenters. The van der Waals surface area contributed by atoms with Crippen LogP contribution in [0.25, 0.3) is 11.3 Å². The first-order valence-electron chi connectivity index (χ1n) is 9.71. The van der Waals surface area contributed by atoms with Gasteiger partial charge in [-0.05, 0) is 18.9 Å². The zero-order valence-electron chi connectivity index (χ0n) is 16.3. The maximum Gasteiger partial charge on any atom is 0.223 e. The first-order valence-corrected chi connectivity index (χ1v) is 9.71. The van der Waals surface area contributed by atoms with Crippen molar-refractivity contribution in [3.05, 3.63) is 77.8 Å². The molecule has 0 bridgehead atoms. The summed E-state index contributed by atoms with van der Waals surface area (Å²) < 4.78 is 5.91. The molecule has 2 aromatic carbocycles. The Kier molecular flexibility index (Phi) is 6.98. The summed E-state index contributed by atoms with van der Waals surface area (Å²) in [5.41, 5.74) is 8.76. The average molecular weight is 377 g/mol. The van der Waals surface area contributed by atoms with E-state index in [4.69, 9.17) is 10.2 Å². The molecule has 0 saturated carbocycles. The van der Waals surface area contributed by atoms with E-state index in [0.29, 0.717) is 38.4 Å². The number of aromatic nitrogens is 1. The van der Waals surface area contributed by atoms with Gasteiger partial charge in [0.05, 0.1) is 5.69 Å². The van der Waals surface area contributed by atoms with Crippen molar-refractivity contribution in [2.45, 2.75) is 26.2 Å². The van der Waals surface area contributed by atoms with Crippen LogP contribution < -0.4 is 5.73 Å². The summed E-state index contributed by atoms with van der Waals surface area (Å²) in [6, 6.07) is 20.1. The highest BCUT2D eigenvalue weighted by molar-refractivity contribution is 5.76. The Labute approximate surface area is 166 Å². The van der Waals surface area contributed by atoms with E-state index in [9.17, 15) is 4.79 Å². The van der Waals surface area contributed by atoms with E-state index in [2.05, 4.69) is 17.1 Å². The van der Waals surface area contributed by atoms with E-state index in [0.717, 1.165) is 23.4 Å². The SMILES string of the molecule is Cc1nc(CCC(=O)N(CCN)CCc2ccccc2)oc1-c1ccccc1. The Bertz CT molecular complexity index is 875. The van der Waals surface area contributed by atoms with Crippen LogP contribution in [0.2, 0.25) is 0 Å². The Morgan fingerprint density at radius 2 is 1.68 bits per heavy atom. The lowest BCUT2D eigenvalue weighted by Gasteiger charge is -2.22. The molecule has 2 N–H and O–H groups in total. The molecular weight excluding hydrogens is 350 g/mol. The second kappa shape index (κ2) is 9.85. The number of oxazole rings is 1. The molecule has 146 valence electrons. The van der Waals surface area contributed by atoms with Crippen molar-refractivity contribution in [1.82, 2.24) is 9.88 Å². The fraction of sp³-hybridized carbons (Fsp3) is 0.304. The van der Waals surface area contributed by atoms with Gasteiger partial charge >= 0.3 is 0 Å². The first-order chi connectivity index (χ1) is 13.7. The van der Waals surface area contributed by atoms with Gasteiger partial charge in [-0.15, -0.1) is 0 Å². The predicted octanol–water partition coefficient (Wildman–Crippen LogP) is 3.61. The largest absolute Gasteiger partial charge is 0.440 e. The molecule has 0 radical (unpaired) electrons. The number of aryl methyl sites for hydroxylation is 2. The Hall–Kier alpha value is -2.92. The van der Waals surface area contributed by atoms with Crippen LogP contribution in [0.15, 0.2) is 65.1 Å². The van der Waals surface area contributed by atoms with Crippen molar-refractivity contribution in [3.8, 4) is 11.3 Å². The molecule has 0 aliphatic rings. The molecule has 3 rings (SSSR count). The summed E-state index contributed by atoms with van der Waals surface area (Å²) in [4.78, 5) is 19.0. The van der Waals surface area contributed by atoms with Crippen LogP contribution in [0, 0.1) is 6.92 Å². The lowest BCUT2D eigenvalue weighted by Crippen LogP contribution is -2.37. The molecule has 0 fully saturated rings. The van der Waals surface area contributed by atoms with Gasteiger partial charge in [0.15, 0.2) is 11.7 Å². The molecular formula is C23H27N3O2. The molecule has 0 saturated heterocycles. The standard InChI is InChI=1S/C23H27N3O2/c1-18-23(20-10-6-3-7-11-20)28-21(25-18)12-13-22(27)26(17-15-24)16-14-19-8-4-2-5-9-19/h2-11H,12-17,24H2,1H3. The number of carbonyl (C=O) groups excluding carboxylic acids is 1. The number of hydrogen-bond donors (Lipinski definition) is 1. The predicted molar refractivity (Wildman–Crippen MR) is 111 cm³/mol. The van der Waals surface area contributed by atoms with Crippen LogP contribution >= 0.6 is 0 Å². The van der Waals surface area contributed by atoms with Crippen LogP contribution in [0.5, 0.6) is 0 Å². The molecule has 0 unspecified atom stereocenters. The van der Waals surface area contributed by atoms with Crippen molar-refractivity contribution < 1.29 is 9.21 Å². The summed E-state index contributed by atoms with van der Waals surface area (Å²) in [6.45, 7) is 3.61. The number of carbonyl (C=O) groups is 1. The van der Waals surface area contributed by atoms with Gasteiger partial charge in [0.1, 0.15) is 0 Å². The molecule has 3 aromatic rings. The number of benzene rings is 2. The number of rotatable bonds is 9. The number of hydrogen-bond acceptors (Lipinski definition) is 4. The van der Waals surface area contributed by atoms with Crippen LogP contribution in [0.1, 0.15) is 23.6 Å². The number of nitrogens with two attached hydrogens (primary N) is 1. The molecule has 0 aliphatic heterocycles. The summed E-state index contributed by atoms with van der Waals surface area (Å²) in [5.74, 6) is 1.45. The molecule has 0 spiro atoms. The normalized spacial score (nSPS) is 10.8. The van der Waals surface area contributed by atoms with Gasteiger partial charge < -0.3 is 15.1 Å². The first kappa shape index (κ1) is 19.8.